The molecule has 0 atom stereocenters. The summed E-state index contributed by atoms with van der Waals surface area (Å²) in [5.41, 5.74) is 1.34. The molecule has 3 aromatic rings. The van der Waals surface area contributed by atoms with Crippen LogP contribution in [0.4, 0.5) is 14.5 Å². The Morgan fingerprint density at radius 3 is 2.38 bits per heavy atom. The molecule has 26 heavy (non-hydrogen) atoms. The average Bonchev–Trinajstić information content (AvgIpc) is 3.10. The van der Waals surface area contributed by atoms with Crippen molar-refractivity contribution in [1.29, 1.82) is 0 Å². The highest BCUT2D eigenvalue weighted by atomic mass is 32.2. The smallest absolute Gasteiger partial charge is 0.314 e. The summed E-state index contributed by atoms with van der Waals surface area (Å²) in [4.78, 5) is 4.17. The van der Waals surface area contributed by atoms with Gasteiger partial charge in [-0.2, -0.15) is 8.78 Å². The zero-order valence-corrected chi connectivity index (χ0v) is 14.4. The minimum absolute atomic E-state index is 0.0231. The summed E-state index contributed by atoms with van der Waals surface area (Å²) < 4.78 is 55.3. The van der Waals surface area contributed by atoms with Gasteiger partial charge in [-0.3, -0.25) is 9.29 Å². The number of sulfonamides is 1. The Kier molecular flexibility index (Phi) is 4.94. The number of anilines is 1. The second kappa shape index (κ2) is 7.16. The van der Waals surface area contributed by atoms with Gasteiger partial charge in [0.2, 0.25) is 15.9 Å². The molecule has 0 amide bonds. The van der Waals surface area contributed by atoms with Gasteiger partial charge in [-0.25, -0.2) is 8.42 Å². The zero-order valence-electron chi connectivity index (χ0n) is 13.6. The fraction of sp³-hybridized carbons (Fsp3) is 0.188. The van der Waals surface area contributed by atoms with Crippen LogP contribution in [0.2, 0.25) is 0 Å². The summed E-state index contributed by atoms with van der Waals surface area (Å²) in [6, 6.07) is 11.7. The number of alkyl halides is 2. The molecule has 0 fully saturated rings. The van der Waals surface area contributed by atoms with E-state index in [0.717, 1.165) is 6.26 Å². The van der Waals surface area contributed by atoms with Crippen LogP contribution >= 0.6 is 0 Å². The van der Waals surface area contributed by atoms with Gasteiger partial charge in [-0.05, 0) is 24.3 Å². The minimum Gasteiger partial charge on any atom is -0.415 e. The van der Waals surface area contributed by atoms with Crippen molar-refractivity contribution in [3.63, 3.8) is 0 Å². The van der Waals surface area contributed by atoms with Gasteiger partial charge in [0, 0.05) is 6.20 Å². The number of halogens is 2. The SMILES string of the molecule is CS(=O)(=O)N(Cc1ccc(-c2nnc(C(F)F)o2)cn1)c1ccccc1. The third kappa shape index (κ3) is 4.02. The lowest BCUT2D eigenvalue weighted by Crippen LogP contribution is -2.29. The molecule has 2 heterocycles. The molecule has 0 aliphatic heterocycles. The summed E-state index contributed by atoms with van der Waals surface area (Å²) >= 11 is 0. The maximum Gasteiger partial charge on any atom is 0.314 e. The van der Waals surface area contributed by atoms with Gasteiger partial charge in [0.05, 0.1) is 29.7 Å². The maximum absolute atomic E-state index is 12.5. The van der Waals surface area contributed by atoms with Crippen molar-refractivity contribution in [3.05, 3.63) is 60.2 Å². The molecule has 0 spiro atoms. The van der Waals surface area contributed by atoms with Gasteiger partial charge in [0.25, 0.3) is 5.89 Å². The van der Waals surface area contributed by atoms with E-state index in [4.69, 9.17) is 4.42 Å². The fourth-order valence-corrected chi connectivity index (χ4v) is 3.10. The van der Waals surface area contributed by atoms with Crippen LogP contribution in [0.1, 0.15) is 18.0 Å². The zero-order chi connectivity index (χ0) is 18.7. The van der Waals surface area contributed by atoms with Crippen LogP contribution in [0, 0.1) is 0 Å². The highest BCUT2D eigenvalue weighted by molar-refractivity contribution is 7.92. The number of hydrogen-bond acceptors (Lipinski definition) is 6. The molecule has 2 aromatic heterocycles. The first-order valence-electron chi connectivity index (χ1n) is 7.44. The number of rotatable bonds is 6. The van der Waals surface area contributed by atoms with Crippen molar-refractivity contribution >= 4 is 15.7 Å². The molecule has 0 radical (unpaired) electrons. The predicted octanol–water partition coefficient (Wildman–Crippen LogP) is 3.04. The predicted molar refractivity (Wildman–Crippen MR) is 90.0 cm³/mol. The van der Waals surface area contributed by atoms with Crippen molar-refractivity contribution in [2.24, 2.45) is 0 Å². The van der Waals surface area contributed by atoms with Gasteiger partial charge in [0.1, 0.15) is 0 Å². The minimum atomic E-state index is -3.52. The largest absolute Gasteiger partial charge is 0.415 e. The van der Waals surface area contributed by atoms with Crippen LogP contribution in [-0.2, 0) is 16.6 Å². The molecule has 10 heteroatoms. The van der Waals surface area contributed by atoms with E-state index in [1.165, 1.54) is 10.5 Å². The third-order valence-electron chi connectivity index (χ3n) is 3.45. The monoisotopic (exact) mass is 380 g/mol. The Morgan fingerprint density at radius 2 is 1.85 bits per heavy atom. The van der Waals surface area contributed by atoms with Crippen molar-refractivity contribution in [3.8, 4) is 11.5 Å². The quantitative estimate of drug-likeness (QED) is 0.653. The Balaban J connectivity index is 1.83. The van der Waals surface area contributed by atoms with E-state index in [2.05, 4.69) is 15.2 Å². The van der Waals surface area contributed by atoms with Crippen LogP contribution in [0.25, 0.3) is 11.5 Å². The molecular weight excluding hydrogens is 366 g/mol. The molecule has 0 aliphatic rings. The van der Waals surface area contributed by atoms with E-state index in [9.17, 15) is 17.2 Å². The topological polar surface area (TPSA) is 89.2 Å². The molecule has 0 aliphatic carbocycles. The van der Waals surface area contributed by atoms with Gasteiger partial charge >= 0.3 is 6.43 Å². The summed E-state index contributed by atoms with van der Waals surface area (Å²) in [6.07, 6.45) is -0.375. The molecule has 0 saturated carbocycles. The van der Waals surface area contributed by atoms with Crippen LogP contribution in [0.3, 0.4) is 0 Å². The second-order valence-electron chi connectivity index (χ2n) is 5.39. The number of nitrogens with zero attached hydrogens (tertiary/aromatic N) is 4. The van der Waals surface area contributed by atoms with Gasteiger partial charge in [-0.1, -0.05) is 18.2 Å². The summed E-state index contributed by atoms with van der Waals surface area (Å²) in [6.45, 7) is 0.0231. The number of para-hydroxylation sites is 1. The number of pyridine rings is 1. The second-order valence-corrected chi connectivity index (χ2v) is 7.30. The van der Waals surface area contributed by atoms with Crippen LogP contribution < -0.4 is 4.31 Å². The molecule has 136 valence electrons. The average molecular weight is 380 g/mol. The molecule has 0 N–H and O–H groups in total. The molecule has 0 saturated heterocycles. The first-order valence-corrected chi connectivity index (χ1v) is 9.29. The summed E-state index contributed by atoms with van der Waals surface area (Å²) in [5.74, 6) is -0.848. The van der Waals surface area contributed by atoms with Crippen LogP contribution in [-0.4, -0.2) is 29.9 Å². The lowest BCUT2D eigenvalue weighted by Gasteiger charge is -2.22. The molecule has 0 unspecified atom stereocenters. The van der Waals surface area contributed by atoms with E-state index in [1.807, 2.05) is 0 Å². The number of hydrogen-bond donors (Lipinski definition) is 0. The first-order chi connectivity index (χ1) is 12.3. The molecule has 3 rings (SSSR count). The lowest BCUT2D eigenvalue weighted by molar-refractivity contribution is 0.116. The highest BCUT2D eigenvalue weighted by Crippen LogP contribution is 2.24. The first kappa shape index (κ1) is 17.9. The highest BCUT2D eigenvalue weighted by Gasteiger charge is 2.19. The van der Waals surface area contributed by atoms with Crippen molar-refractivity contribution in [2.45, 2.75) is 13.0 Å². The van der Waals surface area contributed by atoms with E-state index in [-0.39, 0.29) is 12.4 Å². The number of aromatic nitrogens is 3. The Hall–Kier alpha value is -2.88. The van der Waals surface area contributed by atoms with Crippen molar-refractivity contribution in [2.75, 3.05) is 10.6 Å². The Morgan fingerprint density at radius 1 is 1.12 bits per heavy atom. The lowest BCUT2D eigenvalue weighted by atomic mass is 10.2. The van der Waals surface area contributed by atoms with Crippen LogP contribution in [0.15, 0.2) is 53.1 Å². The number of benzene rings is 1. The van der Waals surface area contributed by atoms with E-state index < -0.39 is 22.3 Å². The van der Waals surface area contributed by atoms with E-state index in [0.29, 0.717) is 16.9 Å². The molecular formula is C16H14F2N4O3S. The Labute approximate surface area is 148 Å². The maximum atomic E-state index is 12.5. The fourth-order valence-electron chi connectivity index (χ4n) is 2.23. The normalized spacial score (nSPS) is 11.7. The molecule has 7 nitrogen and oxygen atoms in total. The van der Waals surface area contributed by atoms with Gasteiger partial charge in [-0.15, -0.1) is 10.2 Å². The van der Waals surface area contributed by atoms with Crippen molar-refractivity contribution < 1.29 is 21.6 Å². The Bertz CT molecular complexity index is 976. The van der Waals surface area contributed by atoms with E-state index >= 15 is 0 Å². The van der Waals surface area contributed by atoms with Crippen molar-refractivity contribution in [1.82, 2.24) is 15.2 Å². The van der Waals surface area contributed by atoms with E-state index in [1.54, 1.807) is 42.5 Å². The van der Waals surface area contributed by atoms with Gasteiger partial charge < -0.3 is 4.42 Å². The molecule has 0 bridgehead atoms. The third-order valence-corrected chi connectivity index (χ3v) is 4.59. The van der Waals surface area contributed by atoms with Gasteiger partial charge in [0.15, 0.2) is 0 Å². The van der Waals surface area contributed by atoms with Crippen LogP contribution in [0.5, 0.6) is 0 Å². The molecule has 1 aromatic carbocycles. The standard InChI is InChI=1S/C16H14F2N4O3S/c1-26(23,24)22(13-5-3-2-4-6-13)10-12-8-7-11(9-19-12)15-20-21-16(25-15)14(17)18/h2-9,14H,10H2,1H3. The summed E-state index contributed by atoms with van der Waals surface area (Å²) in [5, 5.41) is 6.80. The summed E-state index contributed by atoms with van der Waals surface area (Å²) in [7, 11) is -3.52.